The van der Waals surface area contributed by atoms with Crippen LogP contribution in [0.4, 0.5) is 13.2 Å². The molecule has 2 aromatic carbocycles. The highest BCUT2D eigenvalue weighted by atomic mass is 19.4. The summed E-state index contributed by atoms with van der Waals surface area (Å²) < 4.78 is 47.1. The van der Waals surface area contributed by atoms with Gasteiger partial charge in [0.15, 0.2) is 0 Å². The first-order chi connectivity index (χ1) is 13.8. The lowest BCUT2D eigenvalue weighted by atomic mass is 10.1. The van der Waals surface area contributed by atoms with Crippen LogP contribution < -0.4 is 9.47 Å². The smallest absolute Gasteiger partial charge is 0.458 e. The number of alkyl halides is 3. The molecular formula is C17H11F3N6O3. The van der Waals surface area contributed by atoms with E-state index < -0.39 is 12.3 Å². The summed E-state index contributed by atoms with van der Waals surface area (Å²) in [4.78, 5) is 17.8. The number of rotatable bonds is 6. The second-order valence-corrected chi connectivity index (χ2v) is 5.49. The Morgan fingerprint density at radius 2 is 1.83 bits per heavy atom. The number of carbonyl (C=O) groups is 1. The van der Waals surface area contributed by atoms with E-state index in [1.165, 1.54) is 35.3 Å². The molecule has 12 heteroatoms. The van der Waals surface area contributed by atoms with Crippen LogP contribution in [0, 0.1) is 0 Å². The van der Waals surface area contributed by atoms with Gasteiger partial charge in [0.1, 0.15) is 18.7 Å². The molecule has 0 radical (unpaired) electrons. The quantitative estimate of drug-likeness (QED) is 0.347. The Morgan fingerprint density at radius 1 is 1.14 bits per heavy atom. The highest BCUT2D eigenvalue weighted by molar-refractivity contribution is 5.94. The van der Waals surface area contributed by atoms with Crippen LogP contribution in [-0.4, -0.2) is 27.0 Å². The second kappa shape index (κ2) is 8.31. The Labute approximate surface area is 160 Å². The maximum atomic E-state index is 12.2. The zero-order chi connectivity index (χ0) is 20.9. The molecule has 0 unspecified atom stereocenters. The van der Waals surface area contributed by atoms with Crippen molar-refractivity contribution in [1.29, 1.82) is 0 Å². The van der Waals surface area contributed by atoms with Crippen LogP contribution >= 0.6 is 0 Å². The molecule has 0 fully saturated rings. The zero-order valence-electron chi connectivity index (χ0n) is 14.4. The summed E-state index contributed by atoms with van der Waals surface area (Å²) in [6.45, 7) is 0.109. The molecule has 0 N–H and O–H groups in total. The Kier molecular flexibility index (Phi) is 5.65. The van der Waals surface area contributed by atoms with Crippen LogP contribution in [0.5, 0.6) is 11.8 Å². The highest BCUT2D eigenvalue weighted by Gasteiger charge is 2.30. The molecule has 1 amide bonds. The molecule has 0 atom stereocenters. The minimum Gasteiger partial charge on any atom is -0.458 e. The number of halogens is 3. The van der Waals surface area contributed by atoms with E-state index in [2.05, 4.69) is 24.8 Å². The fourth-order valence-corrected chi connectivity index (χ4v) is 2.23. The lowest BCUT2D eigenvalue weighted by Gasteiger charge is -2.09. The van der Waals surface area contributed by atoms with Crippen LogP contribution in [-0.2, 0) is 6.61 Å². The van der Waals surface area contributed by atoms with Gasteiger partial charge in [0.05, 0.1) is 5.69 Å². The van der Waals surface area contributed by atoms with Crippen LogP contribution in [0.1, 0.15) is 15.9 Å². The van der Waals surface area contributed by atoms with Gasteiger partial charge < -0.3 is 9.47 Å². The Balaban J connectivity index is 1.60. The zero-order valence-corrected chi connectivity index (χ0v) is 14.4. The van der Waals surface area contributed by atoms with Gasteiger partial charge in [-0.15, -0.1) is 18.3 Å². The van der Waals surface area contributed by atoms with Crippen molar-refractivity contribution in [3.05, 3.63) is 76.4 Å². The summed E-state index contributed by atoms with van der Waals surface area (Å²) in [5.41, 5.74) is 9.67. The Hall–Kier alpha value is -4.05. The van der Waals surface area contributed by atoms with Gasteiger partial charge in [-0.1, -0.05) is 24.3 Å². The minimum absolute atomic E-state index is 0.0508. The van der Waals surface area contributed by atoms with Crippen molar-refractivity contribution >= 4 is 5.91 Å². The fourth-order valence-electron chi connectivity index (χ4n) is 2.23. The summed E-state index contributed by atoms with van der Waals surface area (Å²) in [5, 5.41) is 7.08. The van der Waals surface area contributed by atoms with Crippen LogP contribution in [0.25, 0.3) is 16.1 Å². The maximum absolute atomic E-state index is 12.2. The fraction of sp³-hybridized carbons (Fsp3) is 0.118. The molecule has 29 heavy (non-hydrogen) atoms. The largest absolute Gasteiger partial charge is 0.573 e. The molecular weight excluding hydrogens is 393 g/mol. The first kappa shape index (κ1) is 19.7. The lowest BCUT2D eigenvalue weighted by molar-refractivity contribution is -0.274. The van der Waals surface area contributed by atoms with Crippen LogP contribution in [0.15, 0.2) is 60.0 Å². The van der Waals surface area contributed by atoms with Crippen molar-refractivity contribution in [2.45, 2.75) is 13.0 Å². The van der Waals surface area contributed by atoms with Gasteiger partial charge in [0.2, 0.25) is 5.91 Å². The van der Waals surface area contributed by atoms with Crippen molar-refractivity contribution in [3.8, 4) is 17.4 Å². The van der Waals surface area contributed by atoms with Crippen molar-refractivity contribution in [3.63, 3.8) is 0 Å². The third-order valence-electron chi connectivity index (χ3n) is 3.51. The number of nitrogens with zero attached hydrogens (tertiary/aromatic N) is 6. The number of amides is 1. The molecule has 148 valence electrons. The number of carbonyl (C=O) groups excluding carboxylic acids is 1. The molecule has 0 bridgehead atoms. The van der Waals surface area contributed by atoms with Gasteiger partial charge in [-0.25, -0.2) is 4.68 Å². The maximum Gasteiger partial charge on any atom is 0.573 e. The molecule has 0 saturated carbocycles. The third-order valence-corrected chi connectivity index (χ3v) is 3.51. The second-order valence-electron chi connectivity index (χ2n) is 5.49. The molecule has 1 heterocycles. The SMILES string of the molecule is [N-]=[N+]=NC(=O)c1ccc(COc2ncn(-c3ccc(OC(F)(F)F)cc3)n2)cc1. The third kappa shape index (κ3) is 5.47. The molecule has 3 rings (SSSR count). The normalized spacial score (nSPS) is 10.9. The van der Waals surface area contributed by atoms with E-state index in [4.69, 9.17) is 10.3 Å². The predicted octanol–water partition coefficient (Wildman–Crippen LogP) is 4.20. The van der Waals surface area contributed by atoms with E-state index in [0.29, 0.717) is 11.3 Å². The first-order valence-corrected chi connectivity index (χ1v) is 7.93. The number of azide groups is 1. The molecule has 0 aliphatic heterocycles. The average molecular weight is 404 g/mol. The van der Waals surface area contributed by atoms with Gasteiger partial charge in [-0.3, -0.25) is 4.79 Å². The van der Waals surface area contributed by atoms with Gasteiger partial charge >= 0.3 is 12.4 Å². The van der Waals surface area contributed by atoms with Gasteiger partial charge in [-0.05, 0) is 40.5 Å². The van der Waals surface area contributed by atoms with Crippen LogP contribution in [0.2, 0.25) is 0 Å². The number of hydrogen-bond acceptors (Lipinski definition) is 5. The summed E-state index contributed by atoms with van der Waals surface area (Å²) in [6.07, 6.45) is -3.42. The predicted molar refractivity (Wildman–Crippen MR) is 92.3 cm³/mol. The van der Waals surface area contributed by atoms with E-state index in [9.17, 15) is 18.0 Å². The molecule has 1 aromatic heterocycles. The topological polar surface area (TPSA) is 115 Å². The van der Waals surface area contributed by atoms with Crippen molar-refractivity contribution in [2.24, 2.45) is 5.11 Å². The van der Waals surface area contributed by atoms with Crippen molar-refractivity contribution < 1.29 is 27.4 Å². The van der Waals surface area contributed by atoms with Gasteiger partial charge in [-0.2, -0.15) is 4.98 Å². The highest BCUT2D eigenvalue weighted by Crippen LogP contribution is 2.23. The lowest BCUT2D eigenvalue weighted by Crippen LogP contribution is -2.17. The Bertz CT molecular complexity index is 1040. The molecule has 3 aromatic rings. The summed E-state index contributed by atoms with van der Waals surface area (Å²) in [6, 6.07) is 11.4. The van der Waals surface area contributed by atoms with E-state index in [0.717, 1.165) is 12.1 Å². The number of benzene rings is 2. The van der Waals surface area contributed by atoms with Crippen molar-refractivity contribution in [2.75, 3.05) is 0 Å². The molecule has 0 aliphatic carbocycles. The molecule has 9 nitrogen and oxygen atoms in total. The first-order valence-electron chi connectivity index (χ1n) is 7.93. The Morgan fingerprint density at radius 3 is 2.45 bits per heavy atom. The average Bonchev–Trinajstić information content (AvgIpc) is 3.15. The van der Waals surface area contributed by atoms with E-state index >= 15 is 0 Å². The van der Waals surface area contributed by atoms with E-state index in [1.807, 2.05) is 0 Å². The van der Waals surface area contributed by atoms with E-state index in [-0.39, 0.29) is 23.9 Å². The van der Waals surface area contributed by atoms with Gasteiger partial charge in [0.25, 0.3) is 0 Å². The van der Waals surface area contributed by atoms with Gasteiger partial charge in [0, 0.05) is 10.5 Å². The molecule has 0 spiro atoms. The van der Waals surface area contributed by atoms with Crippen molar-refractivity contribution in [1.82, 2.24) is 14.8 Å². The standard InChI is InChI=1S/C17H11F3N6O3/c18-17(19,20)29-14-7-5-13(6-8-14)26-10-22-16(24-26)28-9-11-1-3-12(4-2-11)15(27)23-25-21/h1-8,10H,9H2. The number of ether oxygens (including phenoxy) is 2. The summed E-state index contributed by atoms with van der Waals surface area (Å²) >= 11 is 0. The number of aromatic nitrogens is 3. The summed E-state index contributed by atoms with van der Waals surface area (Å²) in [7, 11) is 0. The monoisotopic (exact) mass is 404 g/mol. The molecule has 0 aliphatic rings. The molecule has 0 saturated heterocycles. The minimum atomic E-state index is -4.76. The van der Waals surface area contributed by atoms with Crippen LogP contribution in [0.3, 0.4) is 0 Å². The van der Waals surface area contributed by atoms with E-state index in [1.54, 1.807) is 12.1 Å². The number of hydrogen-bond donors (Lipinski definition) is 0. The summed E-state index contributed by atoms with van der Waals surface area (Å²) in [5.74, 6) is -1.03.